The number of nitrogens with two attached hydrogens (primary N) is 1. The first-order chi connectivity index (χ1) is 7.57. The maximum atomic E-state index is 6.21. The smallest absolute Gasteiger partial charge is 0.0534 e. The Balaban J connectivity index is 1.73. The van der Waals surface area contributed by atoms with Gasteiger partial charge in [-0.25, -0.2) is 0 Å². The molecule has 0 saturated heterocycles. The van der Waals surface area contributed by atoms with Crippen molar-refractivity contribution in [2.45, 2.75) is 37.8 Å². The van der Waals surface area contributed by atoms with Crippen molar-refractivity contribution >= 4 is 0 Å². The normalized spacial score (nSPS) is 18.8. The molecule has 0 unspecified atom stereocenters. The predicted octanol–water partition coefficient (Wildman–Crippen LogP) is 1.12. The number of aromatic nitrogens is 2. The molecule has 0 aliphatic heterocycles. The Morgan fingerprint density at radius 2 is 2.31 bits per heavy atom. The topological polar surface area (TPSA) is 47.1 Å². The number of nitrogens with zero attached hydrogens (tertiary/aromatic N) is 3. The van der Waals surface area contributed by atoms with Gasteiger partial charge in [-0.3, -0.25) is 4.68 Å². The molecule has 16 heavy (non-hydrogen) atoms. The minimum absolute atomic E-state index is 0.142. The quantitative estimate of drug-likeness (QED) is 0.812. The van der Waals surface area contributed by atoms with Crippen LogP contribution < -0.4 is 5.73 Å². The zero-order chi connectivity index (χ0) is 11.6. The maximum Gasteiger partial charge on any atom is 0.0534 e. The van der Waals surface area contributed by atoms with Gasteiger partial charge in [-0.2, -0.15) is 5.10 Å². The summed E-state index contributed by atoms with van der Waals surface area (Å²) in [6.45, 7) is 2.04. The van der Waals surface area contributed by atoms with Gasteiger partial charge in [0.15, 0.2) is 0 Å². The first kappa shape index (κ1) is 11.6. The van der Waals surface area contributed by atoms with E-state index >= 15 is 0 Å². The van der Waals surface area contributed by atoms with Gasteiger partial charge in [0.1, 0.15) is 0 Å². The number of aryl methyl sites for hydroxylation is 1. The van der Waals surface area contributed by atoms with Crippen molar-refractivity contribution in [2.75, 3.05) is 13.6 Å². The van der Waals surface area contributed by atoms with E-state index in [2.05, 4.69) is 23.2 Å². The molecule has 1 aromatic rings. The lowest BCUT2D eigenvalue weighted by Crippen LogP contribution is -2.48. The molecule has 90 valence electrons. The molecule has 2 rings (SSSR count). The lowest BCUT2D eigenvalue weighted by atomic mass is 9.75. The first-order valence-electron chi connectivity index (χ1n) is 6.02. The zero-order valence-corrected chi connectivity index (χ0v) is 10.3. The second-order valence-corrected chi connectivity index (χ2v) is 5.23. The van der Waals surface area contributed by atoms with Crippen molar-refractivity contribution in [3.05, 3.63) is 18.0 Å². The minimum atomic E-state index is 0.142. The standard InChI is InChI=1S/C12H22N4/c1-15(7-6-12(13)4-3-5-12)9-11-8-14-16(2)10-11/h8,10H,3-7,9,13H2,1-2H3. The third-order valence-electron chi connectivity index (χ3n) is 3.55. The van der Waals surface area contributed by atoms with Crippen LogP contribution in [-0.4, -0.2) is 33.8 Å². The lowest BCUT2D eigenvalue weighted by Gasteiger charge is -2.39. The summed E-state index contributed by atoms with van der Waals surface area (Å²) >= 11 is 0. The van der Waals surface area contributed by atoms with Gasteiger partial charge in [0.05, 0.1) is 6.20 Å². The molecule has 0 amide bonds. The van der Waals surface area contributed by atoms with Crippen molar-refractivity contribution < 1.29 is 0 Å². The Labute approximate surface area is 97.4 Å². The summed E-state index contributed by atoms with van der Waals surface area (Å²) in [5.74, 6) is 0. The molecule has 1 aromatic heterocycles. The minimum Gasteiger partial charge on any atom is -0.325 e. The molecule has 2 N–H and O–H groups in total. The van der Waals surface area contributed by atoms with E-state index in [1.807, 2.05) is 17.9 Å². The van der Waals surface area contributed by atoms with Crippen molar-refractivity contribution in [3.8, 4) is 0 Å². The van der Waals surface area contributed by atoms with Crippen LogP contribution in [0.1, 0.15) is 31.2 Å². The Morgan fingerprint density at radius 3 is 2.81 bits per heavy atom. The second kappa shape index (κ2) is 4.55. The SMILES string of the molecule is CN(CCC1(N)CCC1)Cc1cnn(C)c1. The van der Waals surface area contributed by atoms with Gasteiger partial charge in [0.2, 0.25) is 0 Å². The number of hydrogen-bond acceptors (Lipinski definition) is 3. The first-order valence-corrected chi connectivity index (χ1v) is 6.02. The van der Waals surface area contributed by atoms with E-state index in [0.717, 1.165) is 19.5 Å². The van der Waals surface area contributed by atoms with Crippen molar-refractivity contribution in [1.82, 2.24) is 14.7 Å². The van der Waals surface area contributed by atoms with Crippen molar-refractivity contribution in [2.24, 2.45) is 12.8 Å². The summed E-state index contributed by atoms with van der Waals surface area (Å²) in [6.07, 6.45) is 8.82. The maximum absolute atomic E-state index is 6.21. The fourth-order valence-electron chi connectivity index (χ4n) is 2.24. The van der Waals surface area contributed by atoms with Gasteiger partial charge in [-0.05, 0) is 39.3 Å². The molecule has 1 aliphatic rings. The Morgan fingerprint density at radius 1 is 1.56 bits per heavy atom. The van der Waals surface area contributed by atoms with Crippen LogP contribution in [0.15, 0.2) is 12.4 Å². The van der Waals surface area contributed by atoms with Crippen LogP contribution in [0.3, 0.4) is 0 Å². The molecule has 1 saturated carbocycles. The van der Waals surface area contributed by atoms with Crippen LogP contribution in [0.4, 0.5) is 0 Å². The molecule has 0 bridgehead atoms. The lowest BCUT2D eigenvalue weighted by molar-refractivity contribution is 0.193. The molecule has 4 nitrogen and oxygen atoms in total. The predicted molar refractivity (Wildman–Crippen MR) is 64.9 cm³/mol. The average Bonchev–Trinajstić information content (AvgIpc) is 2.58. The highest BCUT2D eigenvalue weighted by Crippen LogP contribution is 2.32. The third kappa shape index (κ3) is 2.83. The van der Waals surface area contributed by atoms with Gasteiger partial charge in [0.25, 0.3) is 0 Å². The number of rotatable bonds is 5. The third-order valence-corrected chi connectivity index (χ3v) is 3.55. The zero-order valence-electron chi connectivity index (χ0n) is 10.3. The van der Waals surface area contributed by atoms with Gasteiger partial charge >= 0.3 is 0 Å². The van der Waals surface area contributed by atoms with E-state index in [4.69, 9.17) is 5.73 Å². The summed E-state index contributed by atoms with van der Waals surface area (Å²) in [4.78, 5) is 2.32. The van der Waals surface area contributed by atoms with Crippen LogP contribution in [0.25, 0.3) is 0 Å². The molecular weight excluding hydrogens is 200 g/mol. The monoisotopic (exact) mass is 222 g/mol. The van der Waals surface area contributed by atoms with E-state index in [1.54, 1.807) is 0 Å². The molecule has 0 aromatic carbocycles. The molecule has 0 spiro atoms. The fraction of sp³-hybridized carbons (Fsp3) is 0.750. The van der Waals surface area contributed by atoms with Crippen LogP contribution >= 0.6 is 0 Å². The Hall–Kier alpha value is -0.870. The van der Waals surface area contributed by atoms with Crippen LogP contribution in [0.2, 0.25) is 0 Å². The van der Waals surface area contributed by atoms with Crippen LogP contribution in [-0.2, 0) is 13.6 Å². The molecule has 1 heterocycles. The second-order valence-electron chi connectivity index (χ2n) is 5.23. The van der Waals surface area contributed by atoms with E-state index in [-0.39, 0.29) is 5.54 Å². The molecule has 1 fully saturated rings. The van der Waals surface area contributed by atoms with Crippen molar-refractivity contribution in [1.29, 1.82) is 0 Å². The van der Waals surface area contributed by atoms with Crippen molar-refractivity contribution in [3.63, 3.8) is 0 Å². The van der Waals surface area contributed by atoms with E-state index < -0.39 is 0 Å². The summed E-state index contributed by atoms with van der Waals surface area (Å²) in [7, 11) is 4.10. The van der Waals surface area contributed by atoms with Gasteiger partial charge in [-0.1, -0.05) is 0 Å². The number of hydrogen-bond donors (Lipinski definition) is 1. The summed E-state index contributed by atoms with van der Waals surface area (Å²) < 4.78 is 1.85. The largest absolute Gasteiger partial charge is 0.325 e. The van der Waals surface area contributed by atoms with E-state index in [1.165, 1.54) is 24.8 Å². The molecule has 0 atom stereocenters. The Kier molecular flexibility index (Phi) is 3.30. The average molecular weight is 222 g/mol. The summed E-state index contributed by atoms with van der Waals surface area (Å²) in [5.41, 5.74) is 7.62. The summed E-state index contributed by atoms with van der Waals surface area (Å²) in [6, 6.07) is 0. The van der Waals surface area contributed by atoms with E-state index in [0.29, 0.717) is 0 Å². The highest BCUT2D eigenvalue weighted by atomic mass is 15.2. The highest BCUT2D eigenvalue weighted by molar-refractivity contribution is 5.03. The molecular formula is C12H22N4. The fourth-order valence-corrected chi connectivity index (χ4v) is 2.24. The Bertz CT molecular complexity index is 341. The van der Waals surface area contributed by atoms with Gasteiger partial charge < -0.3 is 10.6 Å². The summed E-state index contributed by atoms with van der Waals surface area (Å²) in [5, 5.41) is 4.17. The molecule has 4 heteroatoms. The van der Waals surface area contributed by atoms with Crippen LogP contribution in [0, 0.1) is 0 Å². The van der Waals surface area contributed by atoms with E-state index in [9.17, 15) is 0 Å². The van der Waals surface area contributed by atoms with Crippen LogP contribution in [0.5, 0.6) is 0 Å². The van der Waals surface area contributed by atoms with Gasteiger partial charge in [-0.15, -0.1) is 0 Å². The molecule has 1 aliphatic carbocycles. The van der Waals surface area contributed by atoms with Gasteiger partial charge in [0, 0.05) is 30.9 Å². The molecule has 0 radical (unpaired) electrons. The highest BCUT2D eigenvalue weighted by Gasteiger charge is 2.31.